The lowest BCUT2D eigenvalue weighted by Crippen LogP contribution is -2.49. The molecule has 0 bridgehead atoms. The van der Waals surface area contributed by atoms with E-state index in [9.17, 15) is 9.59 Å². The molecule has 3 N–H and O–H groups in total. The van der Waals surface area contributed by atoms with Crippen molar-refractivity contribution in [2.24, 2.45) is 0 Å². The quantitative estimate of drug-likeness (QED) is 0.618. The molecule has 2 rings (SSSR count). The lowest BCUT2D eigenvalue weighted by molar-refractivity contribution is -0.134. The lowest BCUT2D eigenvalue weighted by Gasteiger charge is -2.22. The Morgan fingerprint density at radius 1 is 1.27 bits per heavy atom. The zero-order valence-corrected chi connectivity index (χ0v) is 12.6. The van der Waals surface area contributed by atoms with Gasteiger partial charge < -0.3 is 25.4 Å². The number of hydrogen-bond acceptors (Lipinski definition) is 5. The van der Waals surface area contributed by atoms with Gasteiger partial charge in [-0.3, -0.25) is 9.59 Å². The molecule has 7 heteroatoms. The van der Waals surface area contributed by atoms with Crippen LogP contribution in [-0.4, -0.2) is 57.8 Å². The molecule has 1 fully saturated rings. The SMILES string of the molecule is COc1ccc(C(=O)NCCNC(=O)C2CNCCO2)cc1. The summed E-state index contributed by atoms with van der Waals surface area (Å²) in [4.78, 5) is 23.7. The highest BCUT2D eigenvalue weighted by atomic mass is 16.5. The maximum atomic E-state index is 11.9. The zero-order chi connectivity index (χ0) is 15.8. The average Bonchev–Trinajstić information content (AvgIpc) is 2.59. The number of rotatable bonds is 6. The summed E-state index contributed by atoms with van der Waals surface area (Å²) in [5.74, 6) is 0.350. The Morgan fingerprint density at radius 3 is 2.64 bits per heavy atom. The molecule has 0 aliphatic carbocycles. The Balaban J connectivity index is 1.66. The molecule has 1 aromatic rings. The van der Waals surface area contributed by atoms with Crippen molar-refractivity contribution in [3.63, 3.8) is 0 Å². The second kappa shape index (κ2) is 8.35. The van der Waals surface area contributed by atoms with Crippen LogP contribution in [0.4, 0.5) is 0 Å². The largest absolute Gasteiger partial charge is 0.497 e. The van der Waals surface area contributed by atoms with E-state index in [4.69, 9.17) is 9.47 Å². The van der Waals surface area contributed by atoms with Crippen LogP contribution >= 0.6 is 0 Å². The number of amides is 2. The van der Waals surface area contributed by atoms with Crippen LogP contribution in [0.5, 0.6) is 5.75 Å². The monoisotopic (exact) mass is 307 g/mol. The molecule has 0 saturated carbocycles. The molecule has 1 aromatic carbocycles. The standard InChI is InChI=1S/C15H21N3O4/c1-21-12-4-2-11(3-5-12)14(19)17-6-7-18-15(20)13-10-16-8-9-22-13/h2-5,13,16H,6-10H2,1H3,(H,17,19)(H,18,20). The zero-order valence-electron chi connectivity index (χ0n) is 12.6. The molecule has 1 unspecified atom stereocenters. The molecule has 1 heterocycles. The molecule has 7 nitrogen and oxygen atoms in total. The van der Waals surface area contributed by atoms with Gasteiger partial charge in [-0.15, -0.1) is 0 Å². The van der Waals surface area contributed by atoms with Crippen molar-refractivity contribution in [3.05, 3.63) is 29.8 Å². The van der Waals surface area contributed by atoms with Gasteiger partial charge in [-0.2, -0.15) is 0 Å². The summed E-state index contributed by atoms with van der Waals surface area (Å²) in [6.07, 6.45) is -0.453. The molecular weight excluding hydrogens is 286 g/mol. The van der Waals surface area contributed by atoms with Crippen molar-refractivity contribution in [3.8, 4) is 5.75 Å². The third-order valence-corrected chi connectivity index (χ3v) is 3.28. The van der Waals surface area contributed by atoms with E-state index in [0.717, 1.165) is 6.54 Å². The Morgan fingerprint density at radius 2 is 2.00 bits per heavy atom. The summed E-state index contributed by atoms with van der Waals surface area (Å²) in [5.41, 5.74) is 0.548. The molecule has 0 radical (unpaired) electrons. The smallest absolute Gasteiger partial charge is 0.251 e. The molecular formula is C15H21N3O4. The van der Waals surface area contributed by atoms with E-state index in [1.54, 1.807) is 31.4 Å². The number of morpholine rings is 1. The van der Waals surface area contributed by atoms with Crippen LogP contribution < -0.4 is 20.7 Å². The van der Waals surface area contributed by atoms with Crippen LogP contribution in [0, 0.1) is 0 Å². The number of methoxy groups -OCH3 is 1. The minimum absolute atomic E-state index is 0.161. The molecule has 2 amide bonds. The summed E-state index contributed by atoms with van der Waals surface area (Å²) in [7, 11) is 1.57. The highest BCUT2D eigenvalue weighted by Crippen LogP contribution is 2.10. The summed E-state index contributed by atoms with van der Waals surface area (Å²) >= 11 is 0. The molecule has 120 valence electrons. The topological polar surface area (TPSA) is 88.7 Å². The molecule has 22 heavy (non-hydrogen) atoms. The Kier molecular flexibility index (Phi) is 6.17. The fourth-order valence-corrected chi connectivity index (χ4v) is 2.05. The average molecular weight is 307 g/mol. The number of ether oxygens (including phenoxy) is 2. The highest BCUT2D eigenvalue weighted by molar-refractivity contribution is 5.94. The van der Waals surface area contributed by atoms with Gasteiger partial charge in [-0.25, -0.2) is 0 Å². The van der Waals surface area contributed by atoms with E-state index >= 15 is 0 Å². The van der Waals surface area contributed by atoms with Crippen molar-refractivity contribution < 1.29 is 19.1 Å². The predicted molar refractivity (Wildman–Crippen MR) is 80.9 cm³/mol. The molecule has 1 aliphatic heterocycles. The maximum Gasteiger partial charge on any atom is 0.251 e. The normalized spacial score (nSPS) is 17.6. The third kappa shape index (κ3) is 4.71. The number of hydrogen-bond donors (Lipinski definition) is 3. The van der Waals surface area contributed by atoms with E-state index in [-0.39, 0.29) is 11.8 Å². The minimum Gasteiger partial charge on any atom is -0.497 e. The van der Waals surface area contributed by atoms with Gasteiger partial charge in [0.25, 0.3) is 11.8 Å². The van der Waals surface area contributed by atoms with Gasteiger partial charge in [0.05, 0.1) is 13.7 Å². The summed E-state index contributed by atoms with van der Waals surface area (Å²) in [6, 6.07) is 6.83. The summed E-state index contributed by atoms with van der Waals surface area (Å²) in [6.45, 7) is 2.54. The van der Waals surface area contributed by atoms with Crippen LogP contribution in [0.15, 0.2) is 24.3 Å². The van der Waals surface area contributed by atoms with Crippen LogP contribution in [0.2, 0.25) is 0 Å². The van der Waals surface area contributed by atoms with Crippen molar-refractivity contribution in [2.45, 2.75) is 6.10 Å². The highest BCUT2D eigenvalue weighted by Gasteiger charge is 2.20. The van der Waals surface area contributed by atoms with Crippen molar-refractivity contribution >= 4 is 11.8 Å². The van der Waals surface area contributed by atoms with Crippen LogP contribution in [0.3, 0.4) is 0 Å². The summed E-state index contributed by atoms with van der Waals surface area (Å²) in [5, 5.41) is 8.57. The van der Waals surface area contributed by atoms with E-state index in [0.29, 0.717) is 37.6 Å². The van der Waals surface area contributed by atoms with Gasteiger partial charge in [-0.1, -0.05) is 0 Å². The van der Waals surface area contributed by atoms with Gasteiger partial charge in [0.1, 0.15) is 11.9 Å². The molecule has 1 atom stereocenters. The molecule has 1 saturated heterocycles. The first kappa shape index (κ1) is 16.3. The second-order valence-electron chi connectivity index (χ2n) is 4.84. The summed E-state index contributed by atoms with van der Waals surface area (Å²) < 4.78 is 10.4. The molecule has 0 spiro atoms. The molecule has 0 aromatic heterocycles. The molecule has 1 aliphatic rings. The van der Waals surface area contributed by atoms with E-state index in [1.165, 1.54) is 0 Å². The fraction of sp³-hybridized carbons (Fsp3) is 0.467. The van der Waals surface area contributed by atoms with Crippen LogP contribution in [0.25, 0.3) is 0 Å². The van der Waals surface area contributed by atoms with Gasteiger partial charge in [0.15, 0.2) is 0 Å². The van der Waals surface area contributed by atoms with Crippen molar-refractivity contribution in [1.29, 1.82) is 0 Å². The van der Waals surface area contributed by atoms with Crippen LogP contribution in [0.1, 0.15) is 10.4 Å². The van der Waals surface area contributed by atoms with Gasteiger partial charge in [0, 0.05) is 31.7 Å². The van der Waals surface area contributed by atoms with Gasteiger partial charge in [0.2, 0.25) is 0 Å². The van der Waals surface area contributed by atoms with E-state index in [2.05, 4.69) is 16.0 Å². The first-order valence-corrected chi connectivity index (χ1v) is 7.23. The first-order chi connectivity index (χ1) is 10.7. The van der Waals surface area contributed by atoms with Crippen molar-refractivity contribution in [1.82, 2.24) is 16.0 Å². The predicted octanol–water partition coefficient (Wildman–Crippen LogP) is -0.470. The lowest BCUT2D eigenvalue weighted by atomic mass is 10.2. The van der Waals surface area contributed by atoms with Crippen molar-refractivity contribution in [2.75, 3.05) is 39.9 Å². The second-order valence-corrected chi connectivity index (χ2v) is 4.84. The number of carbonyl (C=O) groups is 2. The fourth-order valence-electron chi connectivity index (χ4n) is 2.05. The minimum atomic E-state index is -0.453. The Labute approximate surface area is 129 Å². The number of nitrogens with one attached hydrogen (secondary N) is 3. The maximum absolute atomic E-state index is 11.9. The van der Waals surface area contributed by atoms with Gasteiger partial charge in [-0.05, 0) is 24.3 Å². The van der Waals surface area contributed by atoms with E-state index in [1.807, 2.05) is 0 Å². The number of carbonyl (C=O) groups excluding carboxylic acids is 2. The Bertz CT molecular complexity index is 498. The Hall–Kier alpha value is -2.12. The van der Waals surface area contributed by atoms with E-state index < -0.39 is 6.10 Å². The number of benzene rings is 1. The van der Waals surface area contributed by atoms with Crippen LogP contribution in [-0.2, 0) is 9.53 Å². The van der Waals surface area contributed by atoms with Gasteiger partial charge >= 0.3 is 0 Å². The third-order valence-electron chi connectivity index (χ3n) is 3.28. The first-order valence-electron chi connectivity index (χ1n) is 7.23.